The second-order valence-corrected chi connectivity index (χ2v) is 4.19. The molecule has 0 atom stereocenters. The summed E-state index contributed by atoms with van der Waals surface area (Å²) in [5.74, 6) is -0.819. The maximum absolute atomic E-state index is 11.3. The number of carbonyl (C=O) groups excluding carboxylic acids is 1. The summed E-state index contributed by atoms with van der Waals surface area (Å²) in [6, 6.07) is -0.319. The van der Waals surface area contributed by atoms with E-state index in [0.717, 1.165) is 12.8 Å². The van der Waals surface area contributed by atoms with Crippen LogP contribution in [-0.4, -0.2) is 36.7 Å². The molecule has 1 saturated carbocycles. The molecule has 2 amide bonds. The smallest absolute Gasteiger partial charge is 0.314 e. The van der Waals surface area contributed by atoms with E-state index in [1.807, 2.05) is 0 Å². The molecule has 6 nitrogen and oxygen atoms in total. The lowest BCUT2D eigenvalue weighted by molar-refractivity contribution is -0.153. The van der Waals surface area contributed by atoms with E-state index < -0.39 is 11.4 Å². The lowest BCUT2D eigenvalue weighted by Gasteiger charge is -2.37. The molecule has 1 rings (SSSR count). The van der Waals surface area contributed by atoms with Crippen molar-refractivity contribution in [2.24, 2.45) is 11.1 Å². The molecule has 0 heterocycles. The fraction of sp³-hybridized carbons (Fsp3) is 0.800. The molecule has 1 aliphatic rings. The molecule has 0 unspecified atom stereocenters. The van der Waals surface area contributed by atoms with Crippen molar-refractivity contribution in [3.8, 4) is 0 Å². The number of hydrogen-bond acceptors (Lipinski definition) is 3. The highest BCUT2D eigenvalue weighted by atomic mass is 16.4. The molecule has 0 aromatic heterocycles. The van der Waals surface area contributed by atoms with Gasteiger partial charge in [0.25, 0.3) is 0 Å². The molecule has 0 radical (unpaired) electrons. The maximum atomic E-state index is 11.3. The van der Waals surface area contributed by atoms with Gasteiger partial charge in [0.05, 0.1) is 5.41 Å². The average molecular weight is 229 g/mol. The van der Waals surface area contributed by atoms with Gasteiger partial charge in [-0.05, 0) is 25.8 Å². The summed E-state index contributed by atoms with van der Waals surface area (Å²) < 4.78 is 0. The first-order chi connectivity index (χ1) is 7.60. The summed E-state index contributed by atoms with van der Waals surface area (Å²) in [6.07, 6.45) is 2.93. The van der Waals surface area contributed by atoms with E-state index in [1.165, 1.54) is 0 Å². The van der Waals surface area contributed by atoms with E-state index in [-0.39, 0.29) is 12.6 Å². The van der Waals surface area contributed by atoms with Crippen molar-refractivity contribution in [2.75, 3.05) is 19.6 Å². The zero-order chi connectivity index (χ0) is 12.0. The van der Waals surface area contributed by atoms with E-state index in [9.17, 15) is 9.59 Å². The van der Waals surface area contributed by atoms with Gasteiger partial charge in [0.1, 0.15) is 0 Å². The number of amides is 2. The summed E-state index contributed by atoms with van der Waals surface area (Å²) in [4.78, 5) is 22.3. The number of carboxylic acid groups (broad SMARTS) is 1. The Morgan fingerprint density at radius 2 is 2.00 bits per heavy atom. The fourth-order valence-electron chi connectivity index (χ4n) is 1.69. The Balaban J connectivity index is 2.22. The van der Waals surface area contributed by atoms with E-state index in [4.69, 9.17) is 10.8 Å². The zero-order valence-corrected chi connectivity index (χ0v) is 9.29. The number of nitrogens with one attached hydrogen (secondary N) is 2. The fourth-order valence-corrected chi connectivity index (χ4v) is 1.69. The molecular formula is C10H19N3O3. The van der Waals surface area contributed by atoms with Gasteiger partial charge in [0.15, 0.2) is 0 Å². The molecule has 0 bridgehead atoms. The van der Waals surface area contributed by atoms with Crippen molar-refractivity contribution in [1.29, 1.82) is 0 Å². The molecule has 0 saturated heterocycles. The molecule has 0 aliphatic heterocycles. The third kappa shape index (κ3) is 3.10. The van der Waals surface area contributed by atoms with Gasteiger partial charge in [0, 0.05) is 13.1 Å². The first-order valence-corrected chi connectivity index (χ1v) is 5.56. The van der Waals surface area contributed by atoms with Gasteiger partial charge in [-0.1, -0.05) is 6.42 Å². The topological polar surface area (TPSA) is 104 Å². The molecule has 6 heteroatoms. The van der Waals surface area contributed by atoms with Crippen LogP contribution in [0.1, 0.15) is 25.7 Å². The Morgan fingerprint density at radius 1 is 1.31 bits per heavy atom. The van der Waals surface area contributed by atoms with Crippen molar-refractivity contribution in [1.82, 2.24) is 10.6 Å². The summed E-state index contributed by atoms with van der Waals surface area (Å²) in [6.45, 7) is 1.25. The summed E-state index contributed by atoms with van der Waals surface area (Å²) >= 11 is 0. The predicted octanol–water partition coefficient (Wildman–Crippen LogP) is -0.111. The second-order valence-electron chi connectivity index (χ2n) is 4.19. The molecule has 1 fully saturated rings. The van der Waals surface area contributed by atoms with Crippen LogP contribution in [0.3, 0.4) is 0 Å². The molecule has 0 aromatic carbocycles. The van der Waals surface area contributed by atoms with Gasteiger partial charge in [0.2, 0.25) is 0 Å². The Bertz CT molecular complexity index is 264. The van der Waals surface area contributed by atoms with Crippen LogP contribution in [0.25, 0.3) is 0 Å². The van der Waals surface area contributed by atoms with Gasteiger partial charge in [-0.2, -0.15) is 0 Å². The van der Waals surface area contributed by atoms with Crippen molar-refractivity contribution < 1.29 is 14.7 Å². The first kappa shape index (κ1) is 12.8. The van der Waals surface area contributed by atoms with Crippen LogP contribution in [0.15, 0.2) is 0 Å². The highest BCUT2D eigenvalue weighted by Crippen LogP contribution is 2.40. The monoisotopic (exact) mass is 229 g/mol. The van der Waals surface area contributed by atoms with Crippen LogP contribution in [0.2, 0.25) is 0 Å². The average Bonchev–Trinajstić information content (AvgIpc) is 2.16. The lowest BCUT2D eigenvalue weighted by atomic mass is 9.69. The van der Waals surface area contributed by atoms with Gasteiger partial charge >= 0.3 is 12.0 Å². The molecule has 0 spiro atoms. The molecule has 0 aromatic rings. The quantitative estimate of drug-likeness (QED) is 0.477. The zero-order valence-electron chi connectivity index (χ0n) is 9.29. The van der Waals surface area contributed by atoms with Gasteiger partial charge in [-0.3, -0.25) is 4.79 Å². The third-order valence-electron chi connectivity index (χ3n) is 3.02. The van der Waals surface area contributed by atoms with Crippen molar-refractivity contribution >= 4 is 12.0 Å². The Kier molecular flexibility index (Phi) is 4.54. The number of rotatable bonds is 6. The molecule has 92 valence electrons. The normalized spacial score (nSPS) is 17.3. The molecular weight excluding hydrogens is 210 g/mol. The maximum Gasteiger partial charge on any atom is 0.314 e. The number of carbonyl (C=O) groups is 2. The summed E-state index contributed by atoms with van der Waals surface area (Å²) in [5.41, 5.74) is 4.55. The van der Waals surface area contributed by atoms with Crippen molar-refractivity contribution in [3.63, 3.8) is 0 Å². The number of urea groups is 1. The minimum absolute atomic E-state index is 0.205. The third-order valence-corrected chi connectivity index (χ3v) is 3.02. The molecule has 16 heavy (non-hydrogen) atoms. The van der Waals surface area contributed by atoms with Crippen LogP contribution in [0.5, 0.6) is 0 Å². The Hall–Kier alpha value is -1.30. The summed E-state index contributed by atoms with van der Waals surface area (Å²) in [5, 5.41) is 14.2. The Labute approximate surface area is 94.6 Å². The minimum Gasteiger partial charge on any atom is -0.481 e. The SMILES string of the molecule is NCCCNC(=O)NCC1(C(=O)O)CCC1. The van der Waals surface area contributed by atoms with Crippen LogP contribution < -0.4 is 16.4 Å². The number of nitrogens with two attached hydrogens (primary N) is 1. The van der Waals surface area contributed by atoms with Crippen molar-refractivity contribution in [3.05, 3.63) is 0 Å². The summed E-state index contributed by atoms with van der Waals surface area (Å²) in [7, 11) is 0. The highest BCUT2D eigenvalue weighted by Gasteiger charge is 2.44. The van der Waals surface area contributed by atoms with Gasteiger partial charge in [-0.15, -0.1) is 0 Å². The van der Waals surface area contributed by atoms with E-state index in [1.54, 1.807) is 0 Å². The highest BCUT2D eigenvalue weighted by molar-refractivity contribution is 5.78. The van der Waals surface area contributed by atoms with Gasteiger partial charge in [-0.25, -0.2) is 4.79 Å². The van der Waals surface area contributed by atoms with Crippen LogP contribution in [-0.2, 0) is 4.79 Å². The number of aliphatic carboxylic acids is 1. The largest absolute Gasteiger partial charge is 0.481 e. The van der Waals surface area contributed by atoms with E-state index in [0.29, 0.717) is 25.9 Å². The van der Waals surface area contributed by atoms with Crippen LogP contribution in [0.4, 0.5) is 4.79 Å². The second kappa shape index (κ2) is 5.69. The molecule has 1 aliphatic carbocycles. The van der Waals surface area contributed by atoms with E-state index >= 15 is 0 Å². The Morgan fingerprint density at radius 3 is 2.44 bits per heavy atom. The number of hydrogen-bond donors (Lipinski definition) is 4. The predicted molar refractivity (Wildman–Crippen MR) is 59.0 cm³/mol. The lowest BCUT2D eigenvalue weighted by Crippen LogP contribution is -2.49. The molecule has 5 N–H and O–H groups in total. The van der Waals surface area contributed by atoms with Crippen LogP contribution in [0, 0.1) is 5.41 Å². The van der Waals surface area contributed by atoms with Crippen LogP contribution >= 0.6 is 0 Å². The van der Waals surface area contributed by atoms with Gasteiger partial charge < -0.3 is 21.5 Å². The first-order valence-electron chi connectivity index (χ1n) is 5.56. The standard InChI is InChI=1S/C10H19N3O3/c11-5-2-6-12-9(16)13-7-10(8(14)15)3-1-4-10/h1-7,11H2,(H,14,15)(H2,12,13,16). The van der Waals surface area contributed by atoms with Crippen molar-refractivity contribution in [2.45, 2.75) is 25.7 Å². The number of carboxylic acids is 1. The minimum atomic E-state index is -0.819. The van der Waals surface area contributed by atoms with E-state index in [2.05, 4.69) is 10.6 Å².